The first-order chi connectivity index (χ1) is 17.8. The van der Waals surface area contributed by atoms with Crippen molar-refractivity contribution in [1.29, 1.82) is 0 Å². The molecule has 7 nitrogen and oxygen atoms in total. The molecule has 2 fully saturated rings. The molecule has 8 rings (SSSR count). The van der Waals surface area contributed by atoms with E-state index >= 15 is 0 Å². The van der Waals surface area contributed by atoms with Crippen molar-refractivity contribution in [2.75, 3.05) is 18.4 Å². The highest BCUT2D eigenvalue weighted by molar-refractivity contribution is 6.12. The van der Waals surface area contributed by atoms with Crippen LogP contribution in [0.25, 0.3) is 49.8 Å². The maximum atomic E-state index is 5.23. The molecule has 176 valence electrons. The predicted molar refractivity (Wildman–Crippen MR) is 144 cm³/mol. The number of rotatable bonds is 4. The Morgan fingerprint density at radius 1 is 1.00 bits per heavy atom. The van der Waals surface area contributed by atoms with Crippen LogP contribution in [0.5, 0.6) is 0 Å². The van der Waals surface area contributed by atoms with E-state index in [1.165, 1.54) is 18.4 Å². The number of aromatic amines is 1. The molecule has 0 bridgehead atoms. The molecule has 1 spiro atoms. The fourth-order valence-electron chi connectivity index (χ4n) is 5.94. The van der Waals surface area contributed by atoms with Crippen LogP contribution in [0.4, 0.5) is 5.82 Å². The summed E-state index contributed by atoms with van der Waals surface area (Å²) in [5, 5.41) is 10.7. The molecule has 4 aromatic heterocycles. The third-order valence-corrected chi connectivity index (χ3v) is 8.14. The second kappa shape index (κ2) is 7.45. The van der Waals surface area contributed by atoms with E-state index in [2.05, 4.69) is 62.0 Å². The van der Waals surface area contributed by atoms with Crippen molar-refractivity contribution in [3.63, 3.8) is 0 Å². The van der Waals surface area contributed by atoms with Gasteiger partial charge in [-0.25, -0.2) is 15.0 Å². The van der Waals surface area contributed by atoms with E-state index in [9.17, 15) is 0 Å². The van der Waals surface area contributed by atoms with Gasteiger partial charge in [-0.05, 0) is 43.5 Å². The molecule has 2 aliphatic carbocycles. The van der Waals surface area contributed by atoms with Gasteiger partial charge in [-0.15, -0.1) is 0 Å². The lowest BCUT2D eigenvalue weighted by Crippen LogP contribution is -2.45. The zero-order chi connectivity index (χ0) is 23.7. The average molecular weight is 472 g/mol. The van der Waals surface area contributed by atoms with E-state index in [1.807, 2.05) is 30.7 Å². The first-order valence-corrected chi connectivity index (χ1v) is 12.7. The SMILES string of the molecule is C1=CC(c2cncc3nc(-c4ccnc5[nH]c6ccccc6c45)nc(NC4CCNCC45CC5)c23)=C1. The van der Waals surface area contributed by atoms with E-state index in [-0.39, 0.29) is 0 Å². The number of pyridine rings is 2. The van der Waals surface area contributed by atoms with Gasteiger partial charge in [0.15, 0.2) is 5.82 Å². The normalized spacial score (nSPS) is 20.1. The molecule has 7 heteroatoms. The van der Waals surface area contributed by atoms with Crippen LogP contribution in [0.3, 0.4) is 0 Å². The molecule has 5 heterocycles. The molecule has 1 saturated carbocycles. The zero-order valence-electron chi connectivity index (χ0n) is 19.8. The molecule has 3 N–H and O–H groups in total. The minimum absolute atomic E-state index is 0.333. The summed E-state index contributed by atoms with van der Waals surface area (Å²) >= 11 is 0. The lowest BCUT2D eigenvalue weighted by Gasteiger charge is -2.34. The minimum atomic E-state index is 0.333. The van der Waals surface area contributed by atoms with Gasteiger partial charge < -0.3 is 15.6 Å². The summed E-state index contributed by atoms with van der Waals surface area (Å²) in [6.45, 7) is 2.10. The highest BCUT2D eigenvalue weighted by Crippen LogP contribution is 2.51. The summed E-state index contributed by atoms with van der Waals surface area (Å²) in [6, 6.07) is 10.7. The van der Waals surface area contributed by atoms with Crippen LogP contribution < -0.4 is 10.6 Å². The minimum Gasteiger partial charge on any atom is -0.366 e. The third kappa shape index (κ3) is 2.96. The standard InChI is InChI=1S/C29H25N7/c1-2-7-21-18(6-1)24-19(8-13-32-27(24)33-21)26-34-22-15-31-14-20(17-4-3-5-17)25(22)28(36-26)35-23-9-12-30-16-29(23)10-11-29/h1-8,13-15,23,30H,9-12,16H2,(H,32,33)(H,34,35,36). The maximum Gasteiger partial charge on any atom is 0.163 e. The van der Waals surface area contributed by atoms with Gasteiger partial charge in [-0.2, -0.15) is 0 Å². The Labute approximate surface area is 207 Å². The number of anilines is 1. The average Bonchev–Trinajstić information content (AvgIpc) is 3.54. The Kier molecular flexibility index (Phi) is 4.16. The lowest BCUT2D eigenvalue weighted by atomic mass is 9.90. The molecular formula is C29H25N7. The Balaban J connectivity index is 1.36. The summed E-state index contributed by atoms with van der Waals surface area (Å²) in [6.07, 6.45) is 15.6. The number of aromatic nitrogens is 5. The number of H-pyrrole nitrogens is 1. The van der Waals surface area contributed by atoms with Gasteiger partial charge in [0, 0.05) is 57.8 Å². The van der Waals surface area contributed by atoms with E-state index in [0.717, 1.165) is 69.3 Å². The smallest absolute Gasteiger partial charge is 0.163 e. The summed E-state index contributed by atoms with van der Waals surface area (Å²) in [7, 11) is 0. The number of benzene rings is 1. The van der Waals surface area contributed by atoms with Crippen LogP contribution in [-0.2, 0) is 0 Å². The van der Waals surface area contributed by atoms with Gasteiger partial charge in [-0.1, -0.05) is 36.4 Å². The van der Waals surface area contributed by atoms with Gasteiger partial charge in [0.2, 0.25) is 0 Å². The lowest BCUT2D eigenvalue weighted by molar-refractivity contribution is 0.322. The van der Waals surface area contributed by atoms with Crippen LogP contribution in [0.15, 0.2) is 67.2 Å². The van der Waals surface area contributed by atoms with Crippen LogP contribution in [0.2, 0.25) is 0 Å². The second-order valence-corrected chi connectivity index (χ2v) is 10.2. The Morgan fingerprint density at radius 2 is 1.92 bits per heavy atom. The van der Waals surface area contributed by atoms with Crippen molar-refractivity contribution < 1.29 is 0 Å². The molecule has 1 aliphatic heterocycles. The number of nitrogens with zero attached hydrogens (tertiary/aromatic N) is 4. The zero-order valence-corrected chi connectivity index (χ0v) is 19.8. The topological polar surface area (TPSA) is 91.4 Å². The van der Waals surface area contributed by atoms with Crippen LogP contribution in [0.1, 0.15) is 24.8 Å². The van der Waals surface area contributed by atoms with Crippen LogP contribution in [-0.4, -0.2) is 44.1 Å². The summed E-state index contributed by atoms with van der Waals surface area (Å²) in [5.41, 5.74) is 6.31. The maximum absolute atomic E-state index is 5.23. The summed E-state index contributed by atoms with van der Waals surface area (Å²) in [4.78, 5) is 22.9. The number of piperidine rings is 1. The summed E-state index contributed by atoms with van der Waals surface area (Å²) in [5.74, 6) is 1.59. The van der Waals surface area contributed by atoms with Gasteiger partial charge >= 0.3 is 0 Å². The molecule has 36 heavy (non-hydrogen) atoms. The van der Waals surface area contributed by atoms with Gasteiger partial charge in [0.1, 0.15) is 11.5 Å². The molecule has 1 aromatic carbocycles. The molecule has 3 aliphatic rings. The molecule has 1 saturated heterocycles. The van der Waals surface area contributed by atoms with E-state index in [4.69, 9.17) is 9.97 Å². The fourth-order valence-corrected chi connectivity index (χ4v) is 5.94. The fraction of sp³-hybridized carbons (Fsp3) is 0.241. The van der Waals surface area contributed by atoms with E-state index in [0.29, 0.717) is 17.3 Å². The second-order valence-electron chi connectivity index (χ2n) is 10.2. The van der Waals surface area contributed by atoms with Crippen LogP contribution >= 0.6 is 0 Å². The molecule has 0 amide bonds. The van der Waals surface area contributed by atoms with Crippen molar-refractivity contribution in [3.8, 4) is 11.4 Å². The first kappa shape index (κ1) is 20.1. The number of nitrogens with one attached hydrogen (secondary N) is 3. The molecule has 5 aromatic rings. The molecular weight excluding hydrogens is 446 g/mol. The van der Waals surface area contributed by atoms with Gasteiger partial charge in [-0.3, -0.25) is 4.98 Å². The first-order valence-electron chi connectivity index (χ1n) is 12.7. The van der Waals surface area contributed by atoms with Crippen LogP contribution in [0, 0.1) is 5.41 Å². The molecule has 1 unspecified atom stereocenters. The Bertz CT molecular complexity index is 1740. The monoisotopic (exact) mass is 471 g/mol. The number of para-hydroxylation sites is 1. The molecule has 1 atom stereocenters. The number of hydrogen-bond acceptors (Lipinski definition) is 6. The van der Waals surface area contributed by atoms with Crippen molar-refractivity contribution in [2.45, 2.75) is 25.3 Å². The third-order valence-electron chi connectivity index (χ3n) is 8.14. The van der Waals surface area contributed by atoms with Crippen molar-refractivity contribution in [1.82, 2.24) is 30.2 Å². The van der Waals surface area contributed by atoms with Crippen molar-refractivity contribution >= 4 is 44.2 Å². The van der Waals surface area contributed by atoms with E-state index in [1.54, 1.807) is 0 Å². The van der Waals surface area contributed by atoms with Gasteiger partial charge in [0.25, 0.3) is 0 Å². The van der Waals surface area contributed by atoms with E-state index < -0.39 is 0 Å². The number of hydrogen-bond donors (Lipinski definition) is 3. The highest BCUT2D eigenvalue weighted by Gasteiger charge is 2.50. The Morgan fingerprint density at radius 3 is 2.78 bits per heavy atom. The van der Waals surface area contributed by atoms with Crippen molar-refractivity contribution in [2.24, 2.45) is 5.41 Å². The highest BCUT2D eigenvalue weighted by atomic mass is 15.1. The quantitative estimate of drug-likeness (QED) is 0.333. The number of fused-ring (bicyclic) bond motifs is 4. The predicted octanol–water partition coefficient (Wildman–Crippen LogP) is 5.23. The van der Waals surface area contributed by atoms with Crippen molar-refractivity contribution in [3.05, 3.63) is 72.7 Å². The Hall–Kier alpha value is -4.10. The largest absolute Gasteiger partial charge is 0.366 e. The molecule has 0 radical (unpaired) electrons. The van der Waals surface area contributed by atoms with Gasteiger partial charge in [0.05, 0.1) is 17.1 Å². The summed E-state index contributed by atoms with van der Waals surface area (Å²) < 4.78 is 0. The number of allylic oxidation sites excluding steroid dienone is 4.